The van der Waals surface area contributed by atoms with E-state index in [1.54, 1.807) is 7.11 Å². The van der Waals surface area contributed by atoms with E-state index in [9.17, 15) is 4.39 Å². The molecule has 0 bridgehead atoms. The fraction of sp³-hybridized carbons (Fsp3) is 0.435. The second-order valence-electron chi connectivity index (χ2n) is 8.14. The molecule has 8 nitrogen and oxygen atoms in total. The third-order valence-electron chi connectivity index (χ3n) is 5.91. The van der Waals surface area contributed by atoms with Crippen LogP contribution in [0.3, 0.4) is 0 Å². The van der Waals surface area contributed by atoms with Gasteiger partial charge >= 0.3 is 0 Å². The number of nitrogens with zero attached hydrogens (tertiary/aromatic N) is 7. The molecular formula is C23H30FN7O. The summed E-state index contributed by atoms with van der Waals surface area (Å²) >= 11 is 0. The normalized spacial score (nSPS) is 15.7. The second kappa shape index (κ2) is 10.1. The number of halogens is 1. The van der Waals surface area contributed by atoms with Crippen LogP contribution in [0.15, 0.2) is 48.5 Å². The van der Waals surface area contributed by atoms with Gasteiger partial charge in [-0.3, -0.25) is 4.90 Å². The summed E-state index contributed by atoms with van der Waals surface area (Å²) in [7, 11) is 5.75. The van der Waals surface area contributed by atoms with Gasteiger partial charge in [-0.25, -0.2) is 9.07 Å². The second-order valence-corrected chi connectivity index (χ2v) is 8.14. The van der Waals surface area contributed by atoms with Gasteiger partial charge in [-0.15, -0.1) is 5.10 Å². The minimum absolute atomic E-state index is 0.0616. The zero-order chi connectivity index (χ0) is 22.5. The quantitative estimate of drug-likeness (QED) is 0.534. The van der Waals surface area contributed by atoms with Crippen molar-refractivity contribution in [3.8, 4) is 0 Å². The fourth-order valence-corrected chi connectivity index (χ4v) is 4.11. The Morgan fingerprint density at radius 1 is 1.00 bits per heavy atom. The molecule has 0 spiro atoms. The predicted octanol–water partition coefficient (Wildman–Crippen LogP) is 2.44. The summed E-state index contributed by atoms with van der Waals surface area (Å²) in [6.45, 7) is 4.52. The minimum atomic E-state index is -0.212. The van der Waals surface area contributed by atoms with Crippen molar-refractivity contribution in [3.63, 3.8) is 0 Å². The third-order valence-corrected chi connectivity index (χ3v) is 5.91. The maximum atomic E-state index is 13.3. The Hall–Kier alpha value is -3.04. The molecule has 1 saturated heterocycles. The first kappa shape index (κ1) is 22.2. The Morgan fingerprint density at radius 3 is 2.31 bits per heavy atom. The summed E-state index contributed by atoms with van der Waals surface area (Å²) in [4.78, 5) is 6.79. The van der Waals surface area contributed by atoms with Crippen LogP contribution in [-0.4, -0.2) is 79.1 Å². The average Bonchev–Trinajstić information content (AvgIpc) is 3.27. The van der Waals surface area contributed by atoms with Gasteiger partial charge < -0.3 is 14.5 Å². The van der Waals surface area contributed by atoms with E-state index in [1.807, 2.05) is 30.9 Å². The van der Waals surface area contributed by atoms with Gasteiger partial charge in [0.1, 0.15) is 5.82 Å². The number of rotatable bonds is 8. The van der Waals surface area contributed by atoms with E-state index in [1.165, 1.54) is 12.1 Å². The van der Waals surface area contributed by atoms with Gasteiger partial charge in [-0.2, -0.15) is 0 Å². The zero-order valence-electron chi connectivity index (χ0n) is 18.9. The van der Waals surface area contributed by atoms with E-state index in [0.717, 1.165) is 48.9 Å². The molecule has 1 aliphatic heterocycles. The predicted molar refractivity (Wildman–Crippen MR) is 122 cm³/mol. The van der Waals surface area contributed by atoms with E-state index >= 15 is 0 Å². The van der Waals surface area contributed by atoms with Crippen LogP contribution in [0.1, 0.15) is 17.4 Å². The number of piperazine rings is 1. The Kier molecular flexibility index (Phi) is 6.96. The molecule has 1 aliphatic rings. The van der Waals surface area contributed by atoms with E-state index < -0.39 is 0 Å². The van der Waals surface area contributed by atoms with E-state index in [0.29, 0.717) is 13.2 Å². The standard InChI is InChI=1S/C23H30FN7O/c1-28(2)20-8-4-18(5-9-20)22(23-25-26-27-31(23)16-17-32-3)30-14-12-29(13-15-30)21-10-6-19(24)7-11-21/h4-11,22H,12-17H2,1-3H3/t22-/m0/s1. The van der Waals surface area contributed by atoms with Crippen molar-refractivity contribution >= 4 is 11.4 Å². The molecule has 2 heterocycles. The molecule has 1 aromatic heterocycles. The Bertz CT molecular complexity index is 982. The summed E-state index contributed by atoms with van der Waals surface area (Å²) < 4.78 is 20.4. The van der Waals surface area contributed by atoms with Crippen LogP contribution in [0.25, 0.3) is 0 Å². The highest BCUT2D eigenvalue weighted by Gasteiger charge is 2.30. The first-order chi connectivity index (χ1) is 15.6. The van der Waals surface area contributed by atoms with Crippen molar-refractivity contribution in [1.82, 2.24) is 25.1 Å². The number of methoxy groups -OCH3 is 1. The number of tetrazole rings is 1. The molecule has 3 aromatic rings. The van der Waals surface area contributed by atoms with Gasteiger partial charge in [0.25, 0.3) is 0 Å². The van der Waals surface area contributed by atoms with Gasteiger partial charge in [0.05, 0.1) is 19.2 Å². The molecule has 9 heteroatoms. The molecule has 0 N–H and O–H groups in total. The maximum Gasteiger partial charge on any atom is 0.173 e. The molecule has 170 valence electrons. The lowest BCUT2D eigenvalue weighted by Crippen LogP contribution is -2.48. The monoisotopic (exact) mass is 439 g/mol. The molecule has 0 amide bonds. The van der Waals surface area contributed by atoms with E-state index in [2.05, 4.69) is 54.5 Å². The number of aromatic nitrogens is 4. The van der Waals surface area contributed by atoms with Crippen molar-refractivity contribution in [1.29, 1.82) is 0 Å². The van der Waals surface area contributed by atoms with Crippen LogP contribution < -0.4 is 9.80 Å². The number of anilines is 2. The van der Waals surface area contributed by atoms with Crippen LogP contribution in [0.2, 0.25) is 0 Å². The smallest absolute Gasteiger partial charge is 0.173 e. The Labute approximate surface area is 188 Å². The molecule has 0 aliphatic carbocycles. The highest BCUT2D eigenvalue weighted by atomic mass is 19.1. The molecule has 1 fully saturated rings. The lowest BCUT2D eigenvalue weighted by Gasteiger charge is -2.40. The van der Waals surface area contributed by atoms with E-state index in [4.69, 9.17) is 4.74 Å². The first-order valence-electron chi connectivity index (χ1n) is 10.8. The highest BCUT2D eigenvalue weighted by molar-refractivity contribution is 5.48. The first-order valence-corrected chi connectivity index (χ1v) is 10.8. The van der Waals surface area contributed by atoms with Crippen molar-refractivity contribution in [2.45, 2.75) is 12.6 Å². The zero-order valence-corrected chi connectivity index (χ0v) is 18.9. The van der Waals surface area contributed by atoms with Crippen molar-refractivity contribution in [2.24, 2.45) is 0 Å². The fourth-order valence-electron chi connectivity index (χ4n) is 4.11. The van der Waals surface area contributed by atoms with Crippen LogP contribution >= 0.6 is 0 Å². The van der Waals surface area contributed by atoms with E-state index in [-0.39, 0.29) is 11.9 Å². The minimum Gasteiger partial charge on any atom is -0.383 e. The molecule has 0 unspecified atom stereocenters. The average molecular weight is 440 g/mol. The summed E-state index contributed by atoms with van der Waals surface area (Å²) in [6.07, 6.45) is 0. The third kappa shape index (κ3) is 4.89. The van der Waals surface area contributed by atoms with Gasteiger partial charge in [0.2, 0.25) is 0 Å². The largest absolute Gasteiger partial charge is 0.383 e. The van der Waals surface area contributed by atoms with Crippen LogP contribution in [-0.2, 0) is 11.3 Å². The highest BCUT2D eigenvalue weighted by Crippen LogP contribution is 2.30. The van der Waals surface area contributed by atoms with Crippen molar-refractivity contribution < 1.29 is 9.13 Å². The summed E-state index contributed by atoms with van der Waals surface area (Å²) in [5.74, 6) is 0.603. The number of hydrogen-bond acceptors (Lipinski definition) is 7. The van der Waals surface area contributed by atoms with Gasteiger partial charge in [-0.05, 0) is 52.4 Å². The van der Waals surface area contributed by atoms with Crippen LogP contribution in [0.5, 0.6) is 0 Å². The van der Waals surface area contributed by atoms with Crippen molar-refractivity contribution in [2.75, 3.05) is 63.8 Å². The lowest BCUT2D eigenvalue weighted by atomic mass is 10.0. The molecule has 4 rings (SSSR count). The van der Waals surface area contributed by atoms with Crippen LogP contribution in [0.4, 0.5) is 15.8 Å². The summed E-state index contributed by atoms with van der Waals surface area (Å²) in [5.41, 5.74) is 3.34. The van der Waals surface area contributed by atoms with Crippen molar-refractivity contribution in [3.05, 3.63) is 65.7 Å². The molecule has 32 heavy (non-hydrogen) atoms. The Morgan fingerprint density at radius 2 is 1.69 bits per heavy atom. The SMILES string of the molecule is COCCn1nnnc1[C@H](c1ccc(N(C)C)cc1)N1CCN(c2ccc(F)cc2)CC1. The maximum absolute atomic E-state index is 13.3. The molecule has 0 radical (unpaired) electrons. The van der Waals surface area contributed by atoms with Gasteiger partial charge in [-0.1, -0.05) is 12.1 Å². The Balaban J connectivity index is 1.58. The molecular weight excluding hydrogens is 409 g/mol. The molecule has 0 saturated carbocycles. The van der Waals surface area contributed by atoms with Gasteiger partial charge in [0.15, 0.2) is 5.82 Å². The van der Waals surface area contributed by atoms with Gasteiger partial charge in [0, 0.05) is 58.8 Å². The molecule has 2 aromatic carbocycles. The lowest BCUT2D eigenvalue weighted by molar-refractivity contribution is 0.172. The topological polar surface area (TPSA) is 62.6 Å². The molecule has 1 atom stereocenters. The summed E-state index contributed by atoms with van der Waals surface area (Å²) in [5, 5.41) is 12.6. The summed E-state index contributed by atoms with van der Waals surface area (Å²) in [6, 6.07) is 15.2. The number of benzene rings is 2. The van der Waals surface area contributed by atoms with Crippen LogP contribution in [0, 0.1) is 5.82 Å². The number of hydrogen-bond donors (Lipinski definition) is 0. The number of ether oxygens (including phenoxy) is 1.